The lowest BCUT2D eigenvalue weighted by molar-refractivity contribution is 0.0187. The van der Waals surface area contributed by atoms with Gasteiger partial charge in [-0.2, -0.15) is 27.0 Å². The molecule has 1 aromatic carbocycles. The van der Waals surface area contributed by atoms with E-state index in [2.05, 4.69) is 70.0 Å². The summed E-state index contributed by atoms with van der Waals surface area (Å²) in [6.07, 6.45) is 1.03. The summed E-state index contributed by atoms with van der Waals surface area (Å²) in [6.45, 7) is 22.0. The topological polar surface area (TPSA) is 42.0 Å². The third kappa shape index (κ3) is 9.47. The Bertz CT molecular complexity index is 763. The van der Waals surface area contributed by atoms with Crippen molar-refractivity contribution in [2.75, 3.05) is 26.7 Å². The summed E-state index contributed by atoms with van der Waals surface area (Å²) in [5.41, 5.74) is 1.82. The molecule has 1 aliphatic rings. The number of hydrogen-bond donors (Lipinski definition) is 0. The third-order valence-corrected chi connectivity index (χ3v) is 11.0. The molecule has 0 unspecified atom stereocenters. The van der Waals surface area contributed by atoms with Crippen LogP contribution in [0.2, 0.25) is 18.1 Å². The van der Waals surface area contributed by atoms with E-state index < -0.39 is 13.9 Å². The minimum Gasteiger partial charge on any atom is -0.444 e. The van der Waals surface area contributed by atoms with Gasteiger partial charge in [-0.1, -0.05) is 50.6 Å². The van der Waals surface area contributed by atoms with Crippen LogP contribution in [0.4, 0.5) is 4.79 Å². The van der Waals surface area contributed by atoms with Crippen LogP contribution in [0.25, 0.3) is 0 Å². The fourth-order valence-electron chi connectivity index (χ4n) is 3.69. The number of nitrogens with zero attached hydrogens (tertiary/aromatic N) is 2. The van der Waals surface area contributed by atoms with Crippen molar-refractivity contribution in [1.82, 2.24) is 9.80 Å². The Morgan fingerprint density at radius 1 is 1.18 bits per heavy atom. The zero-order valence-corrected chi connectivity index (χ0v) is 25.4. The van der Waals surface area contributed by atoms with Crippen molar-refractivity contribution in [3.05, 3.63) is 35.4 Å². The van der Waals surface area contributed by atoms with Crippen molar-refractivity contribution in [3.8, 4) is 0 Å². The Morgan fingerprint density at radius 2 is 1.79 bits per heavy atom. The monoisotopic (exact) mass is 516 g/mol. The number of likely N-dealkylation sites (N-methyl/N-ethyl adjacent to an activating group) is 1. The number of rotatable bonds is 6. The molecule has 2 rings (SSSR count). The maximum atomic E-state index is 12.9. The maximum Gasteiger partial charge on any atom is 0.410 e. The summed E-state index contributed by atoms with van der Waals surface area (Å²) in [6, 6.07) is 8.37. The van der Waals surface area contributed by atoms with E-state index in [0.29, 0.717) is 0 Å². The van der Waals surface area contributed by atoms with Crippen LogP contribution in [0.15, 0.2) is 24.3 Å². The molecule has 0 radical (unpaired) electrons. The molecule has 0 N–H and O–H groups in total. The second-order valence-corrected chi connectivity index (χ2v) is 16.3. The van der Waals surface area contributed by atoms with E-state index in [1.54, 1.807) is 4.90 Å². The van der Waals surface area contributed by atoms with Crippen molar-refractivity contribution in [2.24, 2.45) is 0 Å². The van der Waals surface area contributed by atoms with Crippen LogP contribution < -0.4 is 0 Å². The van der Waals surface area contributed by atoms with Crippen molar-refractivity contribution >= 4 is 41.4 Å². The Morgan fingerprint density at radius 3 is 2.30 bits per heavy atom. The summed E-state index contributed by atoms with van der Waals surface area (Å²) in [5.74, 6) is 0. The molecule has 2 atom stereocenters. The molecule has 1 fully saturated rings. The van der Waals surface area contributed by atoms with Crippen molar-refractivity contribution < 1.29 is 14.0 Å². The van der Waals surface area contributed by atoms with Crippen molar-refractivity contribution in [1.29, 1.82) is 0 Å². The Hall–Kier alpha value is -0.673. The number of ether oxygens (including phenoxy) is 1. The molecule has 0 aromatic heterocycles. The van der Waals surface area contributed by atoms with Gasteiger partial charge in [-0.25, -0.2) is 4.79 Å². The number of carbonyl (C=O) groups is 1. The summed E-state index contributed by atoms with van der Waals surface area (Å²) >= 11 is 0. The number of aryl methyl sites for hydroxylation is 1. The number of benzene rings is 1. The smallest absolute Gasteiger partial charge is 0.410 e. The average Bonchev–Trinajstić information content (AvgIpc) is 3.03. The first kappa shape index (κ1) is 32.3. The molecule has 1 aromatic rings. The first-order chi connectivity index (χ1) is 14.1. The van der Waals surface area contributed by atoms with E-state index in [4.69, 9.17) is 9.16 Å². The summed E-state index contributed by atoms with van der Waals surface area (Å²) in [7, 11) is 0.0594. The standard InChI is InChI=1S/C25H44N2O3Si.2H2S/c1-19-12-11-13-20(16-19)22(26(8)23(28)29-24(2,3)4)18-27-15-14-21(17-27)30-31(9,10)25(5,6)7;;/h11-13,16,21-22H,14-15,17-18H2,1-10H3;2*1H2/t21-,22-;;/m0../s1. The number of hydrogen-bond acceptors (Lipinski definition) is 4. The molecule has 192 valence electrons. The number of carbonyl (C=O) groups excluding carboxylic acids is 1. The molecule has 1 aliphatic heterocycles. The highest BCUT2D eigenvalue weighted by Crippen LogP contribution is 2.38. The molecular formula is C25H48N2O3S2Si. The second kappa shape index (κ2) is 12.3. The van der Waals surface area contributed by atoms with E-state index in [1.165, 1.54) is 5.56 Å². The molecule has 0 aliphatic carbocycles. The van der Waals surface area contributed by atoms with Crippen LogP contribution in [-0.2, 0) is 9.16 Å². The highest BCUT2D eigenvalue weighted by Gasteiger charge is 2.41. The van der Waals surface area contributed by atoms with Crippen LogP contribution in [0.3, 0.4) is 0 Å². The van der Waals surface area contributed by atoms with E-state index in [-0.39, 0.29) is 50.3 Å². The zero-order chi connectivity index (χ0) is 23.6. The SMILES string of the molecule is Cc1cccc([C@H](CN2CC[C@H](O[Si](C)(C)C(C)(C)C)C2)N(C)C(=O)OC(C)(C)C)c1.S.S. The molecule has 8 heteroatoms. The van der Waals surface area contributed by atoms with Gasteiger partial charge in [0.25, 0.3) is 0 Å². The first-order valence-electron chi connectivity index (χ1n) is 11.5. The lowest BCUT2D eigenvalue weighted by atomic mass is 10.0. The maximum absolute atomic E-state index is 12.9. The van der Waals surface area contributed by atoms with E-state index >= 15 is 0 Å². The Balaban J connectivity index is 0.00000512. The van der Waals surface area contributed by atoms with Gasteiger partial charge in [0.2, 0.25) is 0 Å². The molecule has 1 heterocycles. The summed E-state index contributed by atoms with van der Waals surface area (Å²) in [4.78, 5) is 17.0. The summed E-state index contributed by atoms with van der Waals surface area (Å²) < 4.78 is 12.3. The zero-order valence-electron chi connectivity index (χ0n) is 22.4. The van der Waals surface area contributed by atoms with Crippen LogP contribution in [0, 0.1) is 6.92 Å². The van der Waals surface area contributed by atoms with E-state index in [9.17, 15) is 4.79 Å². The lowest BCUT2D eigenvalue weighted by Crippen LogP contribution is -2.45. The highest BCUT2D eigenvalue weighted by molar-refractivity contribution is 7.59. The average molecular weight is 517 g/mol. The van der Waals surface area contributed by atoms with Gasteiger partial charge in [-0.05, 0) is 57.8 Å². The van der Waals surface area contributed by atoms with Crippen LogP contribution in [0.1, 0.15) is 65.1 Å². The van der Waals surface area contributed by atoms with Gasteiger partial charge in [0.05, 0.1) is 12.1 Å². The first-order valence-corrected chi connectivity index (χ1v) is 14.4. The van der Waals surface area contributed by atoms with Gasteiger partial charge in [0, 0.05) is 26.7 Å². The Labute approximate surface area is 217 Å². The fraction of sp³-hybridized carbons (Fsp3) is 0.720. The number of amides is 1. The summed E-state index contributed by atoms with van der Waals surface area (Å²) in [5, 5.41) is 0.210. The molecule has 1 amide bonds. The van der Waals surface area contributed by atoms with Gasteiger partial charge in [0.15, 0.2) is 8.32 Å². The lowest BCUT2D eigenvalue weighted by Gasteiger charge is -2.38. The molecular weight excluding hydrogens is 469 g/mol. The van der Waals surface area contributed by atoms with Crippen LogP contribution in [0.5, 0.6) is 0 Å². The molecule has 0 saturated carbocycles. The molecule has 1 saturated heterocycles. The normalized spacial score (nSPS) is 18.2. The van der Waals surface area contributed by atoms with Gasteiger partial charge >= 0.3 is 6.09 Å². The molecule has 0 spiro atoms. The quantitative estimate of drug-likeness (QED) is 0.421. The van der Waals surface area contributed by atoms with Crippen molar-refractivity contribution in [3.63, 3.8) is 0 Å². The van der Waals surface area contributed by atoms with Gasteiger partial charge in [-0.15, -0.1) is 0 Å². The van der Waals surface area contributed by atoms with Crippen LogP contribution >= 0.6 is 27.0 Å². The second-order valence-electron chi connectivity index (χ2n) is 11.6. The van der Waals surface area contributed by atoms with Crippen LogP contribution in [-0.4, -0.2) is 62.6 Å². The number of likely N-dealkylation sites (tertiary alicyclic amines) is 1. The molecule has 0 bridgehead atoms. The minimum atomic E-state index is -1.79. The highest BCUT2D eigenvalue weighted by atomic mass is 32.1. The van der Waals surface area contributed by atoms with Gasteiger partial charge in [0.1, 0.15) is 5.60 Å². The predicted octanol–water partition coefficient (Wildman–Crippen LogP) is 6.22. The predicted molar refractivity (Wildman–Crippen MR) is 152 cm³/mol. The molecule has 33 heavy (non-hydrogen) atoms. The Kier molecular flexibility index (Phi) is 12.1. The largest absolute Gasteiger partial charge is 0.444 e. The van der Waals surface area contributed by atoms with E-state index in [0.717, 1.165) is 31.6 Å². The van der Waals surface area contributed by atoms with Gasteiger partial charge in [-0.3, -0.25) is 4.90 Å². The fourth-order valence-corrected chi connectivity index (χ4v) is 5.07. The third-order valence-electron chi connectivity index (χ3n) is 6.50. The van der Waals surface area contributed by atoms with Crippen molar-refractivity contribution in [2.45, 2.75) is 90.8 Å². The van der Waals surface area contributed by atoms with E-state index in [1.807, 2.05) is 27.8 Å². The minimum absolute atomic E-state index is 0. The van der Waals surface area contributed by atoms with Gasteiger partial charge < -0.3 is 14.1 Å². The molecule has 5 nitrogen and oxygen atoms in total.